The summed E-state index contributed by atoms with van der Waals surface area (Å²) < 4.78 is 2.98. The molecule has 0 radical (unpaired) electrons. The van der Waals surface area contributed by atoms with Crippen LogP contribution in [0.5, 0.6) is 0 Å². The highest BCUT2D eigenvalue weighted by Gasteiger charge is 2.03. The topological polar surface area (TPSA) is 52.2 Å². The standard InChI is InChI=1S/C7H8N4O/c1-5-9-11-4-8-3-6(11)7(12)10(5)2/h3-4H,1-2H3. The van der Waals surface area contributed by atoms with E-state index >= 15 is 0 Å². The van der Waals surface area contributed by atoms with Gasteiger partial charge in [0.2, 0.25) is 0 Å². The van der Waals surface area contributed by atoms with Crippen molar-refractivity contribution in [2.45, 2.75) is 6.92 Å². The van der Waals surface area contributed by atoms with Crippen molar-refractivity contribution >= 4 is 5.52 Å². The Morgan fingerprint density at radius 1 is 1.50 bits per heavy atom. The molecule has 5 nitrogen and oxygen atoms in total. The summed E-state index contributed by atoms with van der Waals surface area (Å²) in [7, 11) is 1.69. The monoisotopic (exact) mass is 164 g/mol. The van der Waals surface area contributed by atoms with E-state index in [1.54, 1.807) is 14.0 Å². The second-order valence-corrected chi connectivity index (χ2v) is 2.63. The van der Waals surface area contributed by atoms with Gasteiger partial charge in [-0.1, -0.05) is 0 Å². The Kier molecular flexibility index (Phi) is 1.27. The van der Waals surface area contributed by atoms with Crippen LogP contribution in [-0.2, 0) is 7.05 Å². The Balaban J connectivity index is 3.05. The minimum atomic E-state index is -0.0694. The van der Waals surface area contributed by atoms with Gasteiger partial charge in [0, 0.05) is 7.05 Å². The number of aryl methyl sites for hydroxylation is 1. The van der Waals surface area contributed by atoms with Crippen molar-refractivity contribution < 1.29 is 0 Å². The minimum Gasteiger partial charge on any atom is -0.297 e. The number of fused-ring (bicyclic) bond motifs is 1. The van der Waals surface area contributed by atoms with E-state index in [9.17, 15) is 4.79 Å². The maximum atomic E-state index is 11.5. The van der Waals surface area contributed by atoms with Gasteiger partial charge in [0.25, 0.3) is 5.56 Å². The minimum absolute atomic E-state index is 0.0694. The molecular weight excluding hydrogens is 156 g/mol. The van der Waals surface area contributed by atoms with Crippen LogP contribution in [0.15, 0.2) is 17.3 Å². The highest BCUT2D eigenvalue weighted by atomic mass is 16.1. The molecule has 0 saturated carbocycles. The van der Waals surface area contributed by atoms with Crippen molar-refractivity contribution in [2.24, 2.45) is 7.05 Å². The Bertz CT molecular complexity index is 482. The molecule has 0 aromatic carbocycles. The Morgan fingerprint density at radius 3 is 3.00 bits per heavy atom. The lowest BCUT2D eigenvalue weighted by molar-refractivity contribution is 0.717. The molecule has 0 atom stereocenters. The summed E-state index contributed by atoms with van der Waals surface area (Å²) in [6.07, 6.45) is 3.03. The van der Waals surface area contributed by atoms with Crippen molar-refractivity contribution in [1.82, 2.24) is 19.2 Å². The molecule has 0 aliphatic carbocycles. The molecule has 2 aromatic rings. The van der Waals surface area contributed by atoms with Crippen molar-refractivity contribution in [1.29, 1.82) is 0 Å². The van der Waals surface area contributed by atoms with E-state index in [1.807, 2.05) is 0 Å². The molecule has 2 heterocycles. The molecule has 0 spiro atoms. The molecule has 62 valence electrons. The fourth-order valence-corrected chi connectivity index (χ4v) is 1.06. The smallest absolute Gasteiger partial charge is 0.279 e. The molecule has 0 fully saturated rings. The molecule has 0 N–H and O–H groups in total. The van der Waals surface area contributed by atoms with E-state index in [2.05, 4.69) is 10.1 Å². The molecular formula is C7H8N4O. The zero-order valence-corrected chi connectivity index (χ0v) is 6.85. The maximum absolute atomic E-state index is 11.5. The predicted molar refractivity (Wildman–Crippen MR) is 43.0 cm³/mol. The fraction of sp³-hybridized carbons (Fsp3) is 0.286. The molecule has 0 saturated heterocycles. The van der Waals surface area contributed by atoms with Gasteiger partial charge in [-0.25, -0.2) is 9.50 Å². The highest BCUT2D eigenvalue weighted by molar-refractivity contribution is 5.40. The Hall–Kier alpha value is -1.65. The maximum Gasteiger partial charge on any atom is 0.279 e. The summed E-state index contributed by atoms with van der Waals surface area (Å²) in [5.74, 6) is 0.672. The highest BCUT2D eigenvalue weighted by Crippen LogP contribution is 1.93. The van der Waals surface area contributed by atoms with Crippen LogP contribution in [0, 0.1) is 6.92 Å². The van der Waals surface area contributed by atoms with Gasteiger partial charge in [0.05, 0.1) is 6.20 Å². The summed E-state index contributed by atoms with van der Waals surface area (Å²) in [6, 6.07) is 0. The molecule has 2 rings (SSSR count). The van der Waals surface area contributed by atoms with Gasteiger partial charge in [-0.05, 0) is 6.92 Å². The molecule has 5 heteroatoms. The SMILES string of the molecule is Cc1nn2cncc2c(=O)n1C. The van der Waals surface area contributed by atoms with Gasteiger partial charge in [0.1, 0.15) is 17.7 Å². The van der Waals surface area contributed by atoms with E-state index in [1.165, 1.54) is 21.6 Å². The molecule has 0 bridgehead atoms. The lowest BCUT2D eigenvalue weighted by Crippen LogP contribution is -2.22. The van der Waals surface area contributed by atoms with Crippen LogP contribution < -0.4 is 5.56 Å². The molecule has 0 amide bonds. The zero-order valence-electron chi connectivity index (χ0n) is 6.85. The Labute approximate surface area is 68.3 Å². The fourth-order valence-electron chi connectivity index (χ4n) is 1.06. The summed E-state index contributed by atoms with van der Waals surface area (Å²) in [4.78, 5) is 15.3. The number of rotatable bonds is 0. The second-order valence-electron chi connectivity index (χ2n) is 2.63. The molecule has 12 heavy (non-hydrogen) atoms. The van der Waals surface area contributed by atoms with Crippen LogP contribution in [0.3, 0.4) is 0 Å². The van der Waals surface area contributed by atoms with Crippen LogP contribution in [0.4, 0.5) is 0 Å². The lowest BCUT2D eigenvalue weighted by Gasteiger charge is -2.01. The number of hydrogen-bond donors (Lipinski definition) is 0. The second kappa shape index (κ2) is 2.17. The van der Waals surface area contributed by atoms with Gasteiger partial charge in [-0.15, -0.1) is 0 Å². The van der Waals surface area contributed by atoms with Crippen molar-refractivity contribution in [3.63, 3.8) is 0 Å². The van der Waals surface area contributed by atoms with Gasteiger partial charge in [-0.3, -0.25) is 9.36 Å². The number of hydrogen-bond acceptors (Lipinski definition) is 3. The molecule has 0 aliphatic rings. The number of imidazole rings is 1. The normalized spacial score (nSPS) is 10.8. The first kappa shape index (κ1) is 7.02. The van der Waals surface area contributed by atoms with E-state index in [0.717, 1.165) is 0 Å². The van der Waals surface area contributed by atoms with Crippen molar-refractivity contribution in [3.05, 3.63) is 28.7 Å². The van der Waals surface area contributed by atoms with Gasteiger partial charge < -0.3 is 0 Å². The summed E-state index contributed by atoms with van der Waals surface area (Å²) in [6.45, 7) is 1.78. The van der Waals surface area contributed by atoms with Crippen LogP contribution in [0.2, 0.25) is 0 Å². The average molecular weight is 164 g/mol. The van der Waals surface area contributed by atoms with E-state index in [4.69, 9.17) is 0 Å². The Morgan fingerprint density at radius 2 is 2.25 bits per heavy atom. The molecule has 2 aromatic heterocycles. The number of nitrogens with zero attached hydrogens (tertiary/aromatic N) is 4. The molecule has 0 aliphatic heterocycles. The van der Waals surface area contributed by atoms with Gasteiger partial charge in [0.15, 0.2) is 0 Å². The van der Waals surface area contributed by atoms with Crippen LogP contribution in [-0.4, -0.2) is 19.2 Å². The zero-order chi connectivity index (χ0) is 8.72. The largest absolute Gasteiger partial charge is 0.297 e. The molecule has 0 unspecified atom stereocenters. The van der Waals surface area contributed by atoms with Crippen LogP contribution in [0.1, 0.15) is 5.82 Å². The van der Waals surface area contributed by atoms with Gasteiger partial charge >= 0.3 is 0 Å². The number of aromatic nitrogens is 4. The third-order valence-corrected chi connectivity index (χ3v) is 1.88. The summed E-state index contributed by atoms with van der Waals surface area (Å²) in [5, 5.41) is 4.11. The lowest BCUT2D eigenvalue weighted by atomic mass is 10.5. The quantitative estimate of drug-likeness (QED) is 0.539. The van der Waals surface area contributed by atoms with E-state index < -0.39 is 0 Å². The summed E-state index contributed by atoms with van der Waals surface area (Å²) in [5.41, 5.74) is 0.433. The van der Waals surface area contributed by atoms with Gasteiger partial charge in [-0.2, -0.15) is 5.10 Å². The third-order valence-electron chi connectivity index (χ3n) is 1.88. The first-order valence-corrected chi connectivity index (χ1v) is 3.56. The van der Waals surface area contributed by atoms with Crippen molar-refractivity contribution in [3.8, 4) is 0 Å². The third kappa shape index (κ3) is 0.761. The van der Waals surface area contributed by atoms with Crippen LogP contribution in [0.25, 0.3) is 5.52 Å². The van der Waals surface area contributed by atoms with E-state index in [-0.39, 0.29) is 5.56 Å². The van der Waals surface area contributed by atoms with E-state index in [0.29, 0.717) is 11.3 Å². The predicted octanol–water partition coefficient (Wildman–Crippen LogP) is -0.264. The first-order valence-electron chi connectivity index (χ1n) is 3.56. The average Bonchev–Trinajstić information content (AvgIpc) is 2.48. The summed E-state index contributed by atoms with van der Waals surface area (Å²) >= 11 is 0. The van der Waals surface area contributed by atoms with Crippen molar-refractivity contribution in [2.75, 3.05) is 0 Å². The van der Waals surface area contributed by atoms with Crippen LogP contribution >= 0.6 is 0 Å². The first-order chi connectivity index (χ1) is 5.70.